The Labute approximate surface area is 107 Å². The molecule has 0 radical (unpaired) electrons. The van der Waals surface area contributed by atoms with Crippen molar-refractivity contribution in [2.75, 3.05) is 6.61 Å². The summed E-state index contributed by atoms with van der Waals surface area (Å²) in [6.07, 6.45) is 0.373. The smallest absolute Gasteiger partial charge is 0.168 e. The van der Waals surface area contributed by atoms with E-state index in [1.807, 2.05) is 54.0 Å². The molecule has 0 saturated heterocycles. The molecule has 0 unspecified atom stereocenters. The number of benzene rings is 1. The lowest BCUT2D eigenvalue weighted by Gasteiger charge is -2.09. The van der Waals surface area contributed by atoms with Gasteiger partial charge >= 0.3 is 0 Å². The van der Waals surface area contributed by atoms with Crippen LogP contribution in [0, 0.1) is 6.92 Å². The van der Waals surface area contributed by atoms with Gasteiger partial charge in [-0.15, -0.1) is 0 Å². The van der Waals surface area contributed by atoms with E-state index in [4.69, 9.17) is 5.11 Å². The third kappa shape index (κ3) is 2.68. The highest BCUT2D eigenvalue weighted by atomic mass is 16.3. The molecule has 18 heavy (non-hydrogen) atoms. The second-order valence-electron chi connectivity index (χ2n) is 4.31. The van der Waals surface area contributed by atoms with E-state index in [2.05, 4.69) is 0 Å². The predicted octanol–water partition coefficient (Wildman–Crippen LogP) is 2.21. The molecular weight excluding hydrogens is 226 g/mol. The number of aromatic nitrogens is 1. The minimum absolute atomic E-state index is 0.0854. The van der Waals surface area contributed by atoms with Crippen LogP contribution in [-0.4, -0.2) is 22.1 Å². The molecule has 3 nitrogen and oxygen atoms in total. The monoisotopic (exact) mass is 243 g/mol. The molecule has 2 aromatic rings. The SMILES string of the molecule is Cc1ccc(CC(=O)c2ccccc2)n1CCO. The molecule has 0 aliphatic rings. The number of hydrogen-bond donors (Lipinski definition) is 1. The Bertz CT molecular complexity index is 529. The summed E-state index contributed by atoms with van der Waals surface area (Å²) in [7, 11) is 0. The topological polar surface area (TPSA) is 42.2 Å². The summed E-state index contributed by atoms with van der Waals surface area (Å²) < 4.78 is 1.99. The first-order valence-electron chi connectivity index (χ1n) is 6.06. The van der Waals surface area contributed by atoms with Crippen LogP contribution in [0.3, 0.4) is 0 Å². The van der Waals surface area contributed by atoms with Gasteiger partial charge in [0.25, 0.3) is 0 Å². The summed E-state index contributed by atoms with van der Waals surface area (Å²) in [5.74, 6) is 0.105. The Kier molecular flexibility index (Phi) is 3.95. The average Bonchev–Trinajstić information content (AvgIpc) is 2.73. The molecule has 0 fully saturated rings. The maximum absolute atomic E-state index is 12.1. The number of rotatable bonds is 5. The van der Waals surface area contributed by atoms with Gasteiger partial charge in [-0.1, -0.05) is 30.3 Å². The van der Waals surface area contributed by atoms with Crippen molar-refractivity contribution in [1.82, 2.24) is 4.57 Å². The van der Waals surface area contributed by atoms with E-state index in [0.717, 1.165) is 17.0 Å². The zero-order valence-corrected chi connectivity index (χ0v) is 10.5. The van der Waals surface area contributed by atoms with Crippen molar-refractivity contribution in [2.24, 2.45) is 0 Å². The van der Waals surface area contributed by atoms with E-state index >= 15 is 0 Å². The normalized spacial score (nSPS) is 10.6. The first-order chi connectivity index (χ1) is 8.72. The number of carbonyl (C=O) groups is 1. The first kappa shape index (κ1) is 12.6. The van der Waals surface area contributed by atoms with Crippen molar-refractivity contribution in [2.45, 2.75) is 19.9 Å². The first-order valence-corrected chi connectivity index (χ1v) is 6.06. The maximum atomic E-state index is 12.1. The second-order valence-corrected chi connectivity index (χ2v) is 4.31. The highest BCUT2D eigenvalue weighted by Gasteiger charge is 2.11. The van der Waals surface area contributed by atoms with Crippen LogP contribution in [0.25, 0.3) is 0 Å². The van der Waals surface area contributed by atoms with Crippen LogP contribution < -0.4 is 0 Å². The van der Waals surface area contributed by atoms with Gasteiger partial charge in [-0.3, -0.25) is 4.79 Å². The molecule has 1 aromatic carbocycles. The number of aryl methyl sites for hydroxylation is 1. The summed E-state index contributed by atoms with van der Waals surface area (Å²) in [4.78, 5) is 12.1. The Balaban J connectivity index is 2.17. The molecule has 1 heterocycles. The molecule has 1 aromatic heterocycles. The number of hydrogen-bond acceptors (Lipinski definition) is 2. The number of aliphatic hydroxyl groups excluding tert-OH is 1. The number of aliphatic hydroxyl groups is 1. The number of ketones is 1. The Hall–Kier alpha value is -1.87. The van der Waals surface area contributed by atoms with Crippen LogP contribution in [0.2, 0.25) is 0 Å². The molecule has 2 rings (SSSR count). The fourth-order valence-electron chi connectivity index (χ4n) is 2.09. The van der Waals surface area contributed by atoms with Gasteiger partial charge in [0, 0.05) is 23.5 Å². The molecule has 0 spiro atoms. The molecule has 0 amide bonds. The summed E-state index contributed by atoms with van der Waals surface area (Å²) >= 11 is 0. The average molecular weight is 243 g/mol. The van der Waals surface area contributed by atoms with Crippen LogP contribution in [0.1, 0.15) is 21.7 Å². The van der Waals surface area contributed by atoms with Gasteiger partial charge in [0.15, 0.2) is 5.78 Å². The van der Waals surface area contributed by atoms with E-state index in [9.17, 15) is 4.79 Å². The summed E-state index contributed by atoms with van der Waals surface area (Å²) in [6.45, 7) is 2.60. The van der Waals surface area contributed by atoms with Crippen LogP contribution in [0.5, 0.6) is 0 Å². The van der Waals surface area contributed by atoms with Crippen LogP contribution >= 0.6 is 0 Å². The lowest BCUT2D eigenvalue weighted by molar-refractivity contribution is 0.0990. The van der Waals surface area contributed by atoms with Gasteiger partial charge in [-0.05, 0) is 19.1 Å². The summed E-state index contributed by atoms with van der Waals surface area (Å²) in [5.41, 5.74) is 2.75. The zero-order valence-electron chi connectivity index (χ0n) is 10.5. The van der Waals surface area contributed by atoms with Gasteiger partial charge in [0.2, 0.25) is 0 Å². The van der Waals surface area contributed by atoms with Crippen molar-refractivity contribution in [3.05, 3.63) is 59.4 Å². The second kappa shape index (κ2) is 5.65. The number of carbonyl (C=O) groups excluding carboxylic acids is 1. The molecular formula is C15H17NO2. The molecule has 0 bridgehead atoms. The molecule has 1 N–H and O–H groups in total. The Morgan fingerprint density at radius 2 is 1.89 bits per heavy atom. The van der Waals surface area contributed by atoms with Gasteiger partial charge in [-0.25, -0.2) is 0 Å². The van der Waals surface area contributed by atoms with Gasteiger partial charge in [-0.2, -0.15) is 0 Å². The minimum Gasteiger partial charge on any atom is -0.395 e. The summed E-state index contributed by atoms with van der Waals surface area (Å²) in [5, 5.41) is 9.03. The van der Waals surface area contributed by atoms with E-state index in [-0.39, 0.29) is 12.4 Å². The predicted molar refractivity (Wildman–Crippen MR) is 70.7 cm³/mol. The van der Waals surface area contributed by atoms with Gasteiger partial charge in [0.05, 0.1) is 13.0 Å². The fraction of sp³-hybridized carbons (Fsp3) is 0.267. The largest absolute Gasteiger partial charge is 0.395 e. The van der Waals surface area contributed by atoms with Crippen molar-refractivity contribution < 1.29 is 9.90 Å². The maximum Gasteiger partial charge on any atom is 0.168 e. The van der Waals surface area contributed by atoms with Crippen LogP contribution in [-0.2, 0) is 13.0 Å². The zero-order chi connectivity index (χ0) is 13.0. The number of nitrogens with zero attached hydrogens (tertiary/aromatic N) is 1. The van der Waals surface area contributed by atoms with Gasteiger partial charge < -0.3 is 9.67 Å². The minimum atomic E-state index is 0.0854. The summed E-state index contributed by atoms with van der Waals surface area (Å²) in [6, 6.07) is 13.2. The lowest BCUT2D eigenvalue weighted by atomic mass is 10.1. The Morgan fingerprint density at radius 3 is 2.56 bits per heavy atom. The van der Waals surface area contributed by atoms with Crippen molar-refractivity contribution in [3.63, 3.8) is 0 Å². The van der Waals surface area contributed by atoms with E-state index < -0.39 is 0 Å². The van der Waals surface area contributed by atoms with Gasteiger partial charge in [0.1, 0.15) is 0 Å². The van der Waals surface area contributed by atoms with E-state index in [1.54, 1.807) is 0 Å². The number of Topliss-reactive ketones (excluding diaryl/α,β-unsaturated/α-hetero) is 1. The molecule has 94 valence electrons. The molecule has 0 saturated carbocycles. The standard InChI is InChI=1S/C15H17NO2/c1-12-7-8-14(16(12)9-10-17)11-15(18)13-5-3-2-4-6-13/h2-8,17H,9-11H2,1H3. The molecule has 0 atom stereocenters. The highest BCUT2D eigenvalue weighted by Crippen LogP contribution is 2.12. The van der Waals surface area contributed by atoms with E-state index in [0.29, 0.717) is 13.0 Å². The molecule has 0 aliphatic heterocycles. The van der Waals surface area contributed by atoms with Crippen molar-refractivity contribution in [1.29, 1.82) is 0 Å². The lowest BCUT2D eigenvalue weighted by Crippen LogP contribution is -2.12. The fourth-order valence-corrected chi connectivity index (χ4v) is 2.09. The highest BCUT2D eigenvalue weighted by molar-refractivity contribution is 5.97. The van der Waals surface area contributed by atoms with Crippen LogP contribution in [0.15, 0.2) is 42.5 Å². The third-order valence-electron chi connectivity index (χ3n) is 3.05. The van der Waals surface area contributed by atoms with Crippen molar-refractivity contribution in [3.8, 4) is 0 Å². The third-order valence-corrected chi connectivity index (χ3v) is 3.05. The quantitative estimate of drug-likeness (QED) is 0.818. The van der Waals surface area contributed by atoms with Crippen LogP contribution in [0.4, 0.5) is 0 Å². The van der Waals surface area contributed by atoms with Crippen molar-refractivity contribution >= 4 is 5.78 Å². The Morgan fingerprint density at radius 1 is 1.17 bits per heavy atom. The molecule has 0 aliphatic carbocycles. The molecule has 3 heteroatoms. The van der Waals surface area contributed by atoms with E-state index in [1.165, 1.54) is 0 Å².